The Morgan fingerprint density at radius 3 is 3.07 bits per heavy atom. The van der Waals surface area contributed by atoms with Crippen molar-refractivity contribution in [3.8, 4) is 0 Å². The Balaban J connectivity index is 1.49. The molecule has 2 fully saturated rings. The molecule has 2 aromatic rings. The van der Waals surface area contributed by atoms with Gasteiger partial charge in [-0.25, -0.2) is 4.39 Å². The van der Waals surface area contributed by atoms with Crippen LogP contribution in [-0.4, -0.2) is 65.4 Å². The quantitative estimate of drug-likeness (QED) is 0.852. The lowest BCUT2D eigenvalue weighted by atomic mass is 10.1. The summed E-state index contributed by atoms with van der Waals surface area (Å²) < 4.78 is 19.5. The Labute approximate surface area is 157 Å². The van der Waals surface area contributed by atoms with Gasteiger partial charge in [-0.1, -0.05) is 0 Å². The number of carbonyl (C=O) groups is 1. The number of carbonyl (C=O) groups excluding carboxylic acids is 1. The second-order valence-corrected chi connectivity index (χ2v) is 7.45. The lowest BCUT2D eigenvalue weighted by molar-refractivity contribution is -0.0566. The molecule has 0 aliphatic carbocycles. The fourth-order valence-electron chi connectivity index (χ4n) is 4.15. The van der Waals surface area contributed by atoms with Crippen molar-refractivity contribution in [3.63, 3.8) is 0 Å². The number of aromatic nitrogens is 1. The second kappa shape index (κ2) is 7.50. The number of benzene rings is 1. The number of morpholine rings is 1. The summed E-state index contributed by atoms with van der Waals surface area (Å²) in [5.74, 6) is -0.582. The molecular formula is C20H24FN3O3. The largest absolute Gasteiger partial charge is 0.396 e. The summed E-state index contributed by atoms with van der Waals surface area (Å²) in [7, 11) is 0. The van der Waals surface area contributed by atoms with Crippen molar-refractivity contribution in [1.29, 1.82) is 0 Å². The highest BCUT2D eigenvalue weighted by Crippen LogP contribution is 2.25. The van der Waals surface area contributed by atoms with Gasteiger partial charge in [-0.2, -0.15) is 0 Å². The van der Waals surface area contributed by atoms with Gasteiger partial charge in [-0.15, -0.1) is 0 Å². The number of amides is 1. The van der Waals surface area contributed by atoms with Crippen LogP contribution in [-0.2, 0) is 4.74 Å². The van der Waals surface area contributed by atoms with E-state index in [2.05, 4.69) is 15.2 Å². The highest BCUT2D eigenvalue weighted by molar-refractivity contribution is 6.06. The fraction of sp³-hybridized carbons (Fsp3) is 0.500. The van der Waals surface area contributed by atoms with Gasteiger partial charge in [0, 0.05) is 42.9 Å². The molecule has 6 nitrogen and oxygen atoms in total. The van der Waals surface area contributed by atoms with E-state index in [0.29, 0.717) is 35.5 Å². The number of rotatable bonds is 4. The van der Waals surface area contributed by atoms with Crippen LogP contribution in [0.4, 0.5) is 4.39 Å². The van der Waals surface area contributed by atoms with Gasteiger partial charge in [0.1, 0.15) is 5.82 Å². The molecule has 0 saturated carbocycles. The van der Waals surface area contributed by atoms with Crippen molar-refractivity contribution >= 4 is 16.8 Å². The van der Waals surface area contributed by atoms with Crippen molar-refractivity contribution in [2.75, 3.05) is 26.3 Å². The molecule has 2 N–H and O–H groups in total. The molecule has 0 radical (unpaired) electrons. The highest BCUT2D eigenvalue weighted by Gasteiger charge is 2.37. The molecule has 0 spiro atoms. The van der Waals surface area contributed by atoms with E-state index in [4.69, 9.17) is 9.84 Å². The van der Waals surface area contributed by atoms with E-state index in [-0.39, 0.29) is 30.5 Å². The first kappa shape index (κ1) is 18.3. The summed E-state index contributed by atoms with van der Waals surface area (Å²) in [6.45, 7) is 4.11. The normalized spacial score (nSPS) is 25.5. The van der Waals surface area contributed by atoms with Crippen LogP contribution in [0.25, 0.3) is 10.9 Å². The molecule has 1 aromatic carbocycles. The monoisotopic (exact) mass is 373 g/mol. The van der Waals surface area contributed by atoms with E-state index in [1.807, 2.05) is 6.92 Å². The molecule has 1 aromatic heterocycles. The standard InChI is InChI=1S/C20H24FN3O3/c1-12-6-18(17-7-13(21)2-3-19(17)22-12)20(26)23-14-8-15-11-27-16(4-5-25)10-24(15)9-14/h2-3,6-7,14-16,25H,4-5,8-11H2,1H3,(H,23,26)/t14-,15+,16+/m1/s1. The molecule has 0 bridgehead atoms. The third-order valence-corrected chi connectivity index (χ3v) is 5.42. The van der Waals surface area contributed by atoms with Crippen molar-refractivity contribution < 1.29 is 19.0 Å². The molecule has 144 valence electrons. The Morgan fingerprint density at radius 2 is 2.26 bits per heavy atom. The van der Waals surface area contributed by atoms with Crippen LogP contribution >= 0.6 is 0 Å². The molecule has 3 heterocycles. The number of nitrogens with one attached hydrogen (secondary N) is 1. The predicted molar refractivity (Wildman–Crippen MR) is 99.1 cm³/mol. The van der Waals surface area contributed by atoms with Crippen molar-refractivity contribution in [1.82, 2.24) is 15.2 Å². The van der Waals surface area contributed by atoms with E-state index in [0.717, 1.165) is 25.2 Å². The number of hydrogen-bond donors (Lipinski definition) is 2. The van der Waals surface area contributed by atoms with Crippen LogP contribution < -0.4 is 5.32 Å². The van der Waals surface area contributed by atoms with Gasteiger partial charge in [0.25, 0.3) is 5.91 Å². The zero-order valence-corrected chi connectivity index (χ0v) is 15.3. The molecule has 2 saturated heterocycles. The van der Waals surface area contributed by atoms with Crippen molar-refractivity contribution in [2.24, 2.45) is 0 Å². The zero-order chi connectivity index (χ0) is 19.0. The van der Waals surface area contributed by atoms with E-state index < -0.39 is 0 Å². The van der Waals surface area contributed by atoms with Crippen LogP contribution in [0.15, 0.2) is 24.3 Å². The summed E-state index contributed by atoms with van der Waals surface area (Å²) in [5, 5.41) is 12.7. The maximum atomic E-state index is 13.7. The van der Waals surface area contributed by atoms with Gasteiger partial charge >= 0.3 is 0 Å². The number of fused-ring (bicyclic) bond motifs is 2. The highest BCUT2D eigenvalue weighted by atomic mass is 19.1. The number of ether oxygens (including phenoxy) is 1. The first-order chi connectivity index (χ1) is 13.0. The van der Waals surface area contributed by atoms with Gasteiger partial charge in [0.2, 0.25) is 0 Å². The topological polar surface area (TPSA) is 74.7 Å². The molecule has 0 unspecified atom stereocenters. The molecule has 2 aliphatic heterocycles. The Bertz CT molecular complexity index is 860. The Hall–Kier alpha value is -2.09. The van der Waals surface area contributed by atoms with Gasteiger partial charge in [-0.3, -0.25) is 14.7 Å². The average Bonchev–Trinajstić information content (AvgIpc) is 3.03. The number of aryl methyl sites for hydroxylation is 1. The van der Waals surface area contributed by atoms with Crippen LogP contribution in [0.1, 0.15) is 28.9 Å². The minimum atomic E-state index is -0.382. The summed E-state index contributed by atoms with van der Waals surface area (Å²) in [6, 6.07) is 6.34. The van der Waals surface area contributed by atoms with Crippen LogP contribution in [0.5, 0.6) is 0 Å². The fourth-order valence-corrected chi connectivity index (χ4v) is 4.15. The minimum Gasteiger partial charge on any atom is -0.396 e. The van der Waals surface area contributed by atoms with Crippen LogP contribution in [0, 0.1) is 12.7 Å². The van der Waals surface area contributed by atoms with Gasteiger partial charge in [-0.05, 0) is 44.0 Å². The van der Waals surface area contributed by atoms with Gasteiger partial charge in [0.15, 0.2) is 0 Å². The number of aliphatic hydroxyl groups excluding tert-OH is 1. The molecule has 1 amide bonds. The number of halogens is 1. The van der Waals surface area contributed by atoms with Crippen LogP contribution in [0.2, 0.25) is 0 Å². The molecule has 27 heavy (non-hydrogen) atoms. The van der Waals surface area contributed by atoms with Crippen LogP contribution in [0.3, 0.4) is 0 Å². The maximum Gasteiger partial charge on any atom is 0.252 e. The smallest absolute Gasteiger partial charge is 0.252 e. The van der Waals surface area contributed by atoms with E-state index in [1.54, 1.807) is 12.1 Å². The van der Waals surface area contributed by atoms with E-state index in [9.17, 15) is 9.18 Å². The summed E-state index contributed by atoms with van der Waals surface area (Å²) >= 11 is 0. The van der Waals surface area contributed by atoms with Gasteiger partial charge < -0.3 is 15.2 Å². The summed E-state index contributed by atoms with van der Waals surface area (Å²) in [5.41, 5.74) is 1.80. The minimum absolute atomic E-state index is 0.0241. The second-order valence-electron chi connectivity index (χ2n) is 7.45. The zero-order valence-electron chi connectivity index (χ0n) is 15.3. The van der Waals surface area contributed by atoms with Crippen molar-refractivity contribution in [2.45, 2.75) is 38.0 Å². The van der Waals surface area contributed by atoms with E-state index >= 15 is 0 Å². The number of pyridine rings is 1. The maximum absolute atomic E-state index is 13.7. The summed E-state index contributed by atoms with van der Waals surface area (Å²) in [4.78, 5) is 19.6. The number of nitrogens with zero attached hydrogens (tertiary/aromatic N) is 2. The number of hydrogen-bond acceptors (Lipinski definition) is 5. The first-order valence-electron chi connectivity index (χ1n) is 9.38. The third-order valence-electron chi connectivity index (χ3n) is 5.42. The molecule has 4 rings (SSSR count). The Morgan fingerprint density at radius 1 is 1.41 bits per heavy atom. The predicted octanol–water partition coefficient (Wildman–Crippen LogP) is 1.64. The lowest BCUT2D eigenvalue weighted by Gasteiger charge is -2.34. The molecule has 7 heteroatoms. The van der Waals surface area contributed by atoms with E-state index in [1.165, 1.54) is 12.1 Å². The lowest BCUT2D eigenvalue weighted by Crippen LogP contribution is -2.46. The summed E-state index contributed by atoms with van der Waals surface area (Å²) in [6.07, 6.45) is 1.51. The van der Waals surface area contributed by atoms with Crippen molar-refractivity contribution in [3.05, 3.63) is 41.3 Å². The SMILES string of the molecule is Cc1cc(C(=O)N[C@@H]2C[C@H]3CO[C@@H](CCO)CN3C2)c2cc(F)ccc2n1. The average molecular weight is 373 g/mol. The Kier molecular flexibility index (Phi) is 5.08. The first-order valence-corrected chi connectivity index (χ1v) is 9.38. The molecule has 2 aliphatic rings. The molecular weight excluding hydrogens is 349 g/mol. The molecule has 3 atom stereocenters. The third kappa shape index (κ3) is 3.81. The number of aliphatic hydroxyl groups is 1. The van der Waals surface area contributed by atoms with Gasteiger partial charge in [0.05, 0.1) is 23.8 Å².